The molecular formula is C16H14FNOS. The number of carbonyl (C=O) groups excluding carboxylic acids is 1. The lowest BCUT2D eigenvalue weighted by atomic mass is 10.1. The molecule has 2 aromatic carbocycles. The van der Waals surface area contributed by atoms with Gasteiger partial charge in [0, 0.05) is 22.8 Å². The maximum absolute atomic E-state index is 13.3. The molecule has 0 bridgehead atoms. The van der Waals surface area contributed by atoms with Crippen LogP contribution in [-0.2, 0) is 0 Å². The third kappa shape index (κ3) is 2.31. The number of fused-ring (bicyclic) bond motifs is 1. The van der Waals surface area contributed by atoms with Crippen molar-refractivity contribution in [3.63, 3.8) is 0 Å². The van der Waals surface area contributed by atoms with Crippen molar-refractivity contribution in [3.8, 4) is 0 Å². The Kier molecular flexibility index (Phi) is 3.49. The van der Waals surface area contributed by atoms with Gasteiger partial charge in [-0.2, -0.15) is 0 Å². The molecule has 0 saturated carbocycles. The van der Waals surface area contributed by atoms with Gasteiger partial charge in [-0.3, -0.25) is 4.79 Å². The van der Waals surface area contributed by atoms with E-state index in [0.717, 1.165) is 16.3 Å². The molecule has 0 atom stereocenters. The Labute approximate surface area is 121 Å². The second kappa shape index (κ2) is 5.29. The van der Waals surface area contributed by atoms with Crippen LogP contribution in [0.5, 0.6) is 0 Å². The first-order valence-electron chi connectivity index (χ1n) is 6.46. The molecule has 0 N–H and O–H groups in total. The quantitative estimate of drug-likeness (QED) is 0.793. The molecule has 102 valence electrons. The van der Waals surface area contributed by atoms with Crippen molar-refractivity contribution < 1.29 is 9.18 Å². The van der Waals surface area contributed by atoms with Crippen molar-refractivity contribution in [3.05, 3.63) is 59.4 Å². The fourth-order valence-corrected chi connectivity index (χ4v) is 3.31. The number of carbonyl (C=O) groups is 1. The Morgan fingerprint density at radius 2 is 2.05 bits per heavy atom. The highest BCUT2D eigenvalue weighted by atomic mass is 32.2. The van der Waals surface area contributed by atoms with Crippen molar-refractivity contribution in [1.29, 1.82) is 0 Å². The van der Waals surface area contributed by atoms with Crippen LogP contribution in [0.1, 0.15) is 15.9 Å². The Hall–Kier alpha value is -1.81. The molecular weight excluding hydrogens is 273 g/mol. The second-order valence-corrected chi connectivity index (χ2v) is 5.87. The summed E-state index contributed by atoms with van der Waals surface area (Å²) in [4.78, 5) is 15.5. The molecule has 0 aromatic heterocycles. The summed E-state index contributed by atoms with van der Waals surface area (Å²) in [5.41, 5.74) is 1.97. The predicted molar refractivity (Wildman–Crippen MR) is 80.0 cm³/mol. The number of benzene rings is 2. The van der Waals surface area contributed by atoms with E-state index in [1.165, 1.54) is 6.07 Å². The Bertz CT molecular complexity index is 671. The molecule has 1 amide bonds. The number of anilines is 1. The summed E-state index contributed by atoms with van der Waals surface area (Å²) in [6.45, 7) is 2.35. The lowest BCUT2D eigenvalue weighted by Crippen LogP contribution is -2.35. The standard InChI is InChI=1S/C16H14FNOS/c1-11-10-12(6-7-13(11)17)16(19)18-8-9-20-15-5-3-2-4-14(15)18/h2-7,10H,8-9H2,1H3. The van der Waals surface area contributed by atoms with Crippen LogP contribution in [0, 0.1) is 12.7 Å². The largest absolute Gasteiger partial charge is 0.306 e. The number of para-hydroxylation sites is 1. The minimum Gasteiger partial charge on any atom is -0.306 e. The van der Waals surface area contributed by atoms with Gasteiger partial charge in [0.25, 0.3) is 5.91 Å². The van der Waals surface area contributed by atoms with Crippen molar-refractivity contribution in [2.24, 2.45) is 0 Å². The van der Waals surface area contributed by atoms with Crippen LogP contribution in [0.25, 0.3) is 0 Å². The van der Waals surface area contributed by atoms with Crippen LogP contribution in [0.2, 0.25) is 0 Å². The molecule has 1 aliphatic heterocycles. The third-order valence-corrected chi connectivity index (χ3v) is 4.42. The van der Waals surface area contributed by atoms with Crippen molar-refractivity contribution >= 4 is 23.4 Å². The molecule has 0 spiro atoms. The molecule has 3 rings (SSSR count). The van der Waals surface area contributed by atoms with Crippen LogP contribution in [-0.4, -0.2) is 18.2 Å². The summed E-state index contributed by atoms with van der Waals surface area (Å²) >= 11 is 1.76. The lowest BCUT2D eigenvalue weighted by Gasteiger charge is -2.29. The summed E-state index contributed by atoms with van der Waals surface area (Å²) in [6.07, 6.45) is 0. The number of rotatable bonds is 1. The molecule has 20 heavy (non-hydrogen) atoms. The third-order valence-electron chi connectivity index (χ3n) is 3.38. The van der Waals surface area contributed by atoms with Crippen LogP contribution >= 0.6 is 11.8 Å². The van der Waals surface area contributed by atoms with Gasteiger partial charge >= 0.3 is 0 Å². The number of halogens is 1. The number of hydrogen-bond acceptors (Lipinski definition) is 2. The molecule has 1 aliphatic rings. The fraction of sp³-hybridized carbons (Fsp3) is 0.188. The SMILES string of the molecule is Cc1cc(C(=O)N2CCSc3ccccc32)ccc1F. The lowest BCUT2D eigenvalue weighted by molar-refractivity contribution is 0.0987. The van der Waals surface area contributed by atoms with Crippen molar-refractivity contribution in [1.82, 2.24) is 0 Å². The molecule has 2 aromatic rings. The van der Waals surface area contributed by atoms with Crippen molar-refractivity contribution in [2.75, 3.05) is 17.2 Å². The minimum atomic E-state index is -0.281. The highest BCUT2D eigenvalue weighted by Crippen LogP contribution is 2.35. The molecule has 0 fully saturated rings. The van der Waals surface area contributed by atoms with E-state index in [9.17, 15) is 9.18 Å². The first-order valence-corrected chi connectivity index (χ1v) is 7.45. The summed E-state index contributed by atoms with van der Waals surface area (Å²) in [5, 5.41) is 0. The number of thioether (sulfide) groups is 1. The number of hydrogen-bond donors (Lipinski definition) is 0. The van der Waals surface area contributed by atoms with Gasteiger partial charge in [0.1, 0.15) is 5.82 Å². The van der Waals surface area contributed by atoms with E-state index in [4.69, 9.17) is 0 Å². The van der Waals surface area contributed by atoms with Crippen LogP contribution in [0.4, 0.5) is 10.1 Å². The molecule has 2 nitrogen and oxygen atoms in total. The van der Waals surface area contributed by atoms with E-state index in [2.05, 4.69) is 0 Å². The van der Waals surface area contributed by atoms with E-state index in [1.807, 2.05) is 24.3 Å². The van der Waals surface area contributed by atoms with E-state index < -0.39 is 0 Å². The Morgan fingerprint density at radius 1 is 1.25 bits per heavy atom. The molecule has 0 radical (unpaired) electrons. The van der Waals surface area contributed by atoms with E-state index >= 15 is 0 Å². The first-order chi connectivity index (χ1) is 9.66. The number of nitrogens with zero attached hydrogens (tertiary/aromatic N) is 1. The topological polar surface area (TPSA) is 20.3 Å². The minimum absolute atomic E-state index is 0.0687. The van der Waals surface area contributed by atoms with Crippen LogP contribution in [0.15, 0.2) is 47.4 Å². The molecule has 1 heterocycles. The van der Waals surface area contributed by atoms with Gasteiger partial charge in [0.2, 0.25) is 0 Å². The van der Waals surface area contributed by atoms with Gasteiger partial charge < -0.3 is 4.90 Å². The first kappa shape index (κ1) is 13.2. The van der Waals surface area contributed by atoms with Gasteiger partial charge in [0.15, 0.2) is 0 Å². The van der Waals surface area contributed by atoms with Gasteiger partial charge in [-0.1, -0.05) is 12.1 Å². The maximum atomic E-state index is 13.3. The molecule has 0 aliphatic carbocycles. The van der Waals surface area contributed by atoms with Gasteiger partial charge in [-0.25, -0.2) is 4.39 Å². The maximum Gasteiger partial charge on any atom is 0.258 e. The fourth-order valence-electron chi connectivity index (χ4n) is 2.31. The average molecular weight is 287 g/mol. The van der Waals surface area contributed by atoms with Crippen LogP contribution < -0.4 is 4.90 Å². The molecule has 4 heteroatoms. The van der Waals surface area contributed by atoms with E-state index in [-0.39, 0.29) is 11.7 Å². The summed E-state index contributed by atoms with van der Waals surface area (Å²) in [5.74, 6) is 0.528. The predicted octanol–water partition coefficient (Wildman–Crippen LogP) is 3.89. The summed E-state index contributed by atoms with van der Waals surface area (Å²) in [6, 6.07) is 12.4. The zero-order valence-electron chi connectivity index (χ0n) is 11.1. The van der Waals surface area contributed by atoms with Gasteiger partial charge in [0.05, 0.1) is 5.69 Å². The van der Waals surface area contributed by atoms with E-state index in [0.29, 0.717) is 17.7 Å². The van der Waals surface area contributed by atoms with E-state index in [1.54, 1.807) is 35.7 Å². The molecule has 0 saturated heterocycles. The summed E-state index contributed by atoms with van der Waals surface area (Å²) < 4.78 is 13.3. The van der Waals surface area contributed by atoms with Gasteiger partial charge in [-0.05, 0) is 42.8 Å². The average Bonchev–Trinajstić information content (AvgIpc) is 2.49. The molecule has 0 unspecified atom stereocenters. The van der Waals surface area contributed by atoms with Crippen molar-refractivity contribution in [2.45, 2.75) is 11.8 Å². The smallest absolute Gasteiger partial charge is 0.258 e. The van der Waals surface area contributed by atoms with Gasteiger partial charge in [-0.15, -0.1) is 11.8 Å². The zero-order valence-corrected chi connectivity index (χ0v) is 11.9. The zero-order chi connectivity index (χ0) is 14.1. The number of amides is 1. The normalized spacial score (nSPS) is 14.0. The summed E-state index contributed by atoms with van der Waals surface area (Å²) in [7, 11) is 0. The Balaban J connectivity index is 1.97. The highest BCUT2D eigenvalue weighted by molar-refractivity contribution is 7.99. The number of aryl methyl sites for hydroxylation is 1. The second-order valence-electron chi connectivity index (χ2n) is 4.74. The Morgan fingerprint density at radius 3 is 2.85 bits per heavy atom. The monoisotopic (exact) mass is 287 g/mol. The van der Waals surface area contributed by atoms with Crippen LogP contribution in [0.3, 0.4) is 0 Å². The highest BCUT2D eigenvalue weighted by Gasteiger charge is 2.23.